The molecule has 4 rings (SSSR count). The van der Waals surface area contributed by atoms with Crippen LogP contribution in [0.15, 0.2) is 53.7 Å². The number of hydrogen-bond donors (Lipinski definition) is 1. The van der Waals surface area contributed by atoms with Gasteiger partial charge >= 0.3 is 5.69 Å². The van der Waals surface area contributed by atoms with Crippen molar-refractivity contribution in [3.05, 3.63) is 58.9 Å². The van der Waals surface area contributed by atoms with E-state index in [9.17, 15) is 18.5 Å². The zero-order valence-corrected chi connectivity index (χ0v) is 15.9. The molecular weight excluding hydrogens is 380 g/mol. The van der Waals surface area contributed by atoms with Crippen molar-refractivity contribution in [2.24, 2.45) is 0 Å². The summed E-state index contributed by atoms with van der Waals surface area (Å²) in [4.78, 5) is 15.3. The summed E-state index contributed by atoms with van der Waals surface area (Å²) in [5.41, 5.74) is 0.365. The van der Waals surface area contributed by atoms with Crippen molar-refractivity contribution >= 4 is 32.4 Å². The molecule has 0 radical (unpaired) electrons. The summed E-state index contributed by atoms with van der Waals surface area (Å²) in [5, 5.41) is 15.3. The highest BCUT2D eigenvalue weighted by molar-refractivity contribution is 7.90. The average Bonchev–Trinajstić information content (AvgIpc) is 3.15. The van der Waals surface area contributed by atoms with Gasteiger partial charge in [-0.15, -0.1) is 0 Å². The quantitative estimate of drug-likeness (QED) is 0.514. The first-order chi connectivity index (χ1) is 13.5. The number of pyridine rings is 1. The molecule has 2 aromatic heterocycles. The summed E-state index contributed by atoms with van der Waals surface area (Å²) >= 11 is 0. The van der Waals surface area contributed by atoms with Gasteiger partial charge in [0.15, 0.2) is 5.65 Å². The predicted octanol–water partition coefficient (Wildman–Crippen LogP) is 3.93. The van der Waals surface area contributed by atoms with Gasteiger partial charge in [0.1, 0.15) is 11.9 Å². The lowest BCUT2D eigenvalue weighted by Crippen LogP contribution is -2.23. The van der Waals surface area contributed by atoms with Gasteiger partial charge in [0.25, 0.3) is 10.0 Å². The number of aromatic nitrogens is 2. The number of benzene rings is 1. The van der Waals surface area contributed by atoms with Gasteiger partial charge in [-0.05, 0) is 31.0 Å². The van der Waals surface area contributed by atoms with Crippen LogP contribution in [0.2, 0.25) is 0 Å². The molecule has 0 unspecified atom stereocenters. The fraction of sp³-hybridized carbons (Fsp3) is 0.316. The maximum absolute atomic E-state index is 13.0. The Morgan fingerprint density at radius 2 is 1.82 bits per heavy atom. The Hall–Kier alpha value is -2.94. The second kappa shape index (κ2) is 7.23. The maximum atomic E-state index is 13.0. The van der Waals surface area contributed by atoms with Crippen molar-refractivity contribution in [2.75, 3.05) is 5.32 Å². The number of anilines is 1. The Morgan fingerprint density at radius 1 is 1.11 bits per heavy atom. The van der Waals surface area contributed by atoms with Gasteiger partial charge in [-0.1, -0.05) is 37.5 Å². The lowest BCUT2D eigenvalue weighted by atomic mass is 9.95. The largest absolute Gasteiger partial charge is 0.376 e. The van der Waals surface area contributed by atoms with Crippen LogP contribution in [-0.2, 0) is 10.0 Å². The van der Waals surface area contributed by atoms with E-state index >= 15 is 0 Å². The molecule has 28 heavy (non-hydrogen) atoms. The summed E-state index contributed by atoms with van der Waals surface area (Å²) in [6, 6.07) is 9.75. The van der Waals surface area contributed by atoms with Gasteiger partial charge in [-0.25, -0.2) is 17.4 Å². The smallest absolute Gasteiger partial charge is 0.311 e. The van der Waals surface area contributed by atoms with Crippen molar-refractivity contribution in [1.29, 1.82) is 0 Å². The molecule has 2 heterocycles. The molecule has 0 saturated heterocycles. The van der Waals surface area contributed by atoms with E-state index < -0.39 is 14.9 Å². The maximum Gasteiger partial charge on any atom is 0.311 e. The minimum atomic E-state index is -3.85. The van der Waals surface area contributed by atoms with Gasteiger partial charge in [-0.3, -0.25) is 10.1 Å². The third kappa shape index (κ3) is 3.22. The standard InChI is InChI=1S/C19H20N4O4S/c24-23(25)17-13-20-19-16(18(17)21-14-7-3-1-4-8-14)11-12-22(19)28(26,27)15-9-5-2-6-10-15/h2,5-6,9-14H,1,3-4,7-8H2,(H,20,21). The van der Waals surface area contributed by atoms with E-state index in [0.29, 0.717) is 11.1 Å². The van der Waals surface area contributed by atoms with Gasteiger partial charge in [0.2, 0.25) is 0 Å². The Labute approximate surface area is 162 Å². The average molecular weight is 400 g/mol. The molecule has 8 nitrogen and oxygen atoms in total. The van der Waals surface area contributed by atoms with E-state index in [1.165, 1.54) is 18.3 Å². The van der Waals surface area contributed by atoms with E-state index in [1.54, 1.807) is 24.3 Å². The number of nitro groups is 1. The van der Waals surface area contributed by atoms with Crippen molar-refractivity contribution in [1.82, 2.24) is 8.96 Å². The third-order valence-corrected chi connectivity index (χ3v) is 6.79. The van der Waals surface area contributed by atoms with Crippen molar-refractivity contribution in [3.8, 4) is 0 Å². The topological polar surface area (TPSA) is 107 Å². The Bertz CT molecular complexity index is 1120. The van der Waals surface area contributed by atoms with Crippen LogP contribution in [-0.4, -0.2) is 28.3 Å². The van der Waals surface area contributed by atoms with Crippen LogP contribution in [0.4, 0.5) is 11.4 Å². The van der Waals surface area contributed by atoms with Crippen molar-refractivity contribution in [3.63, 3.8) is 0 Å². The van der Waals surface area contributed by atoms with Gasteiger partial charge < -0.3 is 5.32 Å². The second-order valence-electron chi connectivity index (χ2n) is 6.92. The third-order valence-electron chi connectivity index (χ3n) is 5.11. The molecule has 1 N–H and O–H groups in total. The van der Waals surface area contributed by atoms with E-state index in [0.717, 1.165) is 42.3 Å². The molecule has 1 fully saturated rings. The number of rotatable bonds is 5. The van der Waals surface area contributed by atoms with E-state index in [4.69, 9.17) is 0 Å². The van der Waals surface area contributed by atoms with Crippen molar-refractivity contribution < 1.29 is 13.3 Å². The van der Waals surface area contributed by atoms with Crippen LogP contribution < -0.4 is 5.32 Å². The molecule has 0 amide bonds. The molecule has 1 aliphatic carbocycles. The van der Waals surface area contributed by atoms with Crippen LogP contribution in [0, 0.1) is 10.1 Å². The molecule has 0 atom stereocenters. The monoisotopic (exact) mass is 400 g/mol. The minimum Gasteiger partial charge on any atom is -0.376 e. The van der Waals surface area contributed by atoms with Crippen LogP contribution in [0.25, 0.3) is 11.0 Å². The van der Waals surface area contributed by atoms with Crippen LogP contribution >= 0.6 is 0 Å². The molecule has 146 valence electrons. The highest BCUT2D eigenvalue weighted by atomic mass is 32.2. The SMILES string of the molecule is O=[N+]([O-])c1cnc2c(ccn2S(=O)(=O)c2ccccc2)c1NC1CCCCC1. The Balaban J connectivity index is 1.84. The van der Waals surface area contributed by atoms with Crippen LogP contribution in [0.1, 0.15) is 32.1 Å². The molecule has 9 heteroatoms. The molecule has 1 aliphatic rings. The van der Waals surface area contributed by atoms with Gasteiger partial charge in [0.05, 0.1) is 15.2 Å². The molecule has 0 bridgehead atoms. The molecule has 0 spiro atoms. The summed E-state index contributed by atoms with van der Waals surface area (Å²) in [6.07, 6.45) is 7.71. The predicted molar refractivity (Wildman–Crippen MR) is 106 cm³/mol. The highest BCUT2D eigenvalue weighted by Crippen LogP contribution is 2.35. The first-order valence-corrected chi connectivity index (χ1v) is 10.6. The lowest BCUT2D eigenvalue weighted by Gasteiger charge is -2.24. The Morgan fingerprint density at radius 3 is 2.50 bits per heavy atom. The lowest BCUT2D eigenvalue weighted by molar-refractivity contribution is -0.384. The zero-order chi connectivity index (χ0) is 19.7. The first-order valence-electron chi connectivity index (χ1n) is 9.20. The summed E-state index contributed by atoms with van der Waals surface area (Å²) in [6.45, 7) is 0. The van der Waals surface area contributed by atoms with Gasteiger partial charge in [0, 0.05) is 12.2 Å². The van der Waals surface area contributed by atoms with Crippen LogP contribution in [0.5, 0.6) is 0 Å². The fourth-order valence-electron chi connectivity index (χ4n) is 3.69. The minimum absolute atomic E-state index is 0.132. The number of fused-ring (bicyclic) bond motifs is 1. The van der Waals surface area contributed by atoms with E-state index in [2.05, 4.69) is 10.3 Å². The highest BCUT2D eigenvalue weighted by Gasteiger charge is 2.26. The summed E-state index contributed by atoms with van der Waals surface area (Å²) in [7, 11) is -3.85. The molecule has 3 aromatic rings. The number of hydrogen-bond acceptors (Lipinski definition) is 6. The zero-order valence-electron chi connectivity index (χ0n) is 15.1. The van der Waals surface area contributed by atoms with E-state index in [1.807, 2.05) is 0 Å². The first kappa shape index (κ1) is 18.4. The number of nitrogens with zero attached hydrogens (tertiary/aromatic N) is 3. The normalized spacial score (nSPS) is 15.6. The van der Waals surface area contributed by atoms with Crippen LogP contribution in [0.3, 0.4) is 0 Å². The molecule has 1 saturated carbocycles. The summed E-state index contributed by atoms with van der Waals surface area (Å²) in [5.74, 6) is 0. The van der Waals surface area contributed by atoms with Crippen molar-refractivity contribution in [2.45, 2.75) is 43.0 Å². The van der Waals surface area contributed by atoms with E-state index in [-0.39, 0.29) is 22.3 Å². The molecule has 1 aromatic carbocycles. The molecule has 0 aliphatic heterocycles. The summed E-state index contributed by atoms with van der Waals surface area (Å²) < 4.78 is 27.1. The Kier molecular flexibility index (Phi) is 4.76. The second-order valence-corrected chi connectivity index (χ2v) is 8.74. The fourth-order valence-corrected chi connectivity index (χ4v) is 5.02. The van der Waals surface area contributed by atoms with Gasteiger partial charge in [-0.2, -0.15) is 0 Å². The molecular formula is C19H20N4O4S. The number of nitrogens with one attached hydrogen (secondary N) is 1.